The molecule has 0 atom stereocenters. The van der Waals surface area contributed by atoms with Crippen LogP contribution in [0.15, 0.2) is 30.5 Å². The highest BCUT2D eigenvalue weighted by Crippen LogP contribution is 2.15. The molecular formula is C10H11N5O. The van der Waals surface area contributed by atoms with Gasteiger partial charge in [0, 0.05) is 5.56 Å². The van der Waals surface area contributed by atoms with Gasteiger partial charge in [0.2, 0.25) is 0 Å². The van der Waals surface area contributed by atoms with Crippen molar-refractivity contribution in [2.75, 3.05) is 5.43 Å². The van der Waals surface area contributed by atoms with Crippen LogP contribution in [0.3, 0.4) is 0 Å². The lowest BCUT2D eigenvalue weighted by atomic mass is 10.1. The van der Waals surface area contributed by atoms with Crippen molar-refractivity contribution in [2.24, 2.45) is 5.73 Å². The van der Waals surface area contributed by atoms with Crippen LogP contribution in [-0.2, 0) is 0 Å². The van der Waals surface area contributed by atoms with Gasteiger partial charge in [-0.05, 0) is 12.1 Å². The number of aryl methyl sites for hydroxylation is 1. The fraction of sp³-hybridized carbons (Fsp3) is 0.100. The zero-order valence-corrected chi connectivity index (χ0v) is 8.71. The Labute approximate surface area is 92.0 Å². The Hall–Kier alpha value is -2.37. The Morgan fingerprint density at radius 3 is 2.69 bits per heavy atom. The molecule has 0 saturated carbocycles. The summed E-state index contributed by atoms with van der Waals surface area (Å²) in [7, 11) is 0. The maximum absolute atomic E-state index is 10.6. The van der Waals surface area contributed by atoms with E-state index in [4.69, 9.17) is 5.73 Å². The van der Waals surface area contributed by atoms with Crippen LogP contribution in [0.25, 0.3) is 11.3 Å². The van der Waals surface area contributed by atoms with E-state index in [1.165, 1.54) is 10.4 Å². The quantitative estimate of drug-likeness (QED) is 0.782. The van der Waals surface area contributed by atoms with Crippen LogP contribution in [-0.4, -0.2) is 21.1 Å². The molecule has 82 valence electrons. The molecule has 6 nitrogen and oxygen atoms in total. The molecular weight excluding hydrogens is 206 g/mol. The molecule has 0 aliphatic rings. The van der Waals surface area contributed by atoms with Crippen molar-refractivity contribution in [1.29, 1.82) is 0 Å². The Morgan fingerprint density at radius 2 is 2.06 bits per heavy atom. The average Bonchev–Trinajstić information content (AvgIpc) is 2.66. The van der Waals surface area contributed by atoms with Crippen molar-refractivity contribution in [2.45, 2.75) is 6.92 Å². The summed E-state index contributed by atoms with van der Waals surface area (Å²) in [5.41, 5.74) is 10.0. The number of nitrogens with one attached hydrogen (secondary N) is 1. The zero-order valence-electron chi connectivity index (χ0n) is 8.71. The second-order valence-electron chi connectivity index (χ2n) is 3.39. The van der Waals surface area contributed by atoms with Crippen LogP contribution < -0.4 is 11.2 Å². The Balaban J connectivity index is 2.24. The zero-order chi connectivity index (χ0) is 11.5. The van der Waals surface area contributed by atoms with E-state index in [2.05, 4.69) is 15.7 Å². The molecule has 0 saturated heterocycles. The molecule has 6 heteroatoms. The summed E-state index contributed by atoms with van der Waals surface area (Å²) in [4.78, 5) is 11.8. The number of carbonyl (C=O) groups is 1. The third kappa shape index (κ3) is 2.17. The summed E-state index contributed by atoms with van der Waals surface area (Å²) >= 11 is 0. The van der Waals surface area contributed by atoms with Crippen LogP contribution in [0.4, 0.5) is 4.79 Å². The first-order valence-corrected chi connectivity index (χ1v) is 4.71. The number of amides is 2. The molecule has 3 N–H and O–H groups in total. The first-order valence-electron chi connectivity index (χ1n) is 4.71. The number of nitrogens with zero attached hydrogens (tertiary/aromatic N) is 3. The van der Waals surface area contributed by atoms with Gasteiger partial charge in [0.15, 0.2) is 0 Å². The molecule has 0 radical (unpaired) electrons. The lowest BCUT2D eigenvalue weighted by Gasteiger charge is -1.97. The standard InChI is InChI=1S/C10H11N5O/c1-7-2-4-8(5-3-7)9-6-15(14-12-9)13-10(11)16/h2-6H,1H3,(H3,11,13,16). The number of rotatable bonds is 2. The van der Waals surface area contributed by atoms with Crippen LogP contribution in [0, 0.1) is 6.92 Å². The number of urea groups is 1. The molecule has 1 aromatic heterocycles. The van der Waals surface area contributed by atoms with Gasteiger partial charge in [0.1, 0.15) is 5.69 Å². The molecule has 1 heterocycles. The van der Waals surface area contributed by atoms with Crippen LogP contribution in [0.5, 0.6) is 0 Å². The van der Waals surface area contributed by atoms with Crippen molar-refractivity contribution < 1.29 is 4.79 Å². The number of hydrogen-bond donors (Lipinski definition) is 2. The van der Waals surface area contributed by atoms with Crippen LogP contribution in [0.2, 0.25) is 0 Å². The number of primary amides is 1. The molecule has 0 spiro atoms. The summed E-state index contributed by atoms with van der Waals surface area (Å²) in [6.45, 7) is 2.01. The third-order valence-corrected chi connectivity index (χ3v) is 2.07. The number of hydrogen-bond acceptors (Lipinski definition) is 3. The first kappa shape index (κ1) is 10.2. The van der Waals surface area contributed by atoms with Gasteiger partial charge in [-0.1, -0.05) is 29.8 Å². The van der Waals surface area contributed by atoms with E-state index in [9.17, 15) is 4.79 Å². The molecule has 16 heavy (non-hydrogen) atoms. The number of nitrogens with two attached hydrogens (primary N) is 1. The summed E-state index contributed by atoms with van der Waals surface area (Å²) < 4.78 is 0. The fourth-order valence-electron chi connectivity index (χ4n) is 1.29. The normalized spacial score (nSPS) is 10.1. The predicted molar refractivity (Wildman–Crippen MR) is 59.1 cm³/mol. The Bertz CT molecular complexity index is 502. The molecule has 0 aliphatic heterocycles. The Kier molecular flexibility index (Phi) is 2.55. The van der Waals surface area contributed by atoms with E-state index in [-0.39, 0.29) is 0 Å². The van der Waals surface area contributed by atoms with Gasteiger partial charge >= 0.3 is 6.03 Å². The lowest BCUT2D eigenvalue weighted by molar-refractivity contribution is 0.256. The number of carbonyl (C=O) groups excluding carboxylic acids is 1. The van der Waals surface area contributed by atoms with E-state index in [0.29, 0.717) is 5.69 Å². The molecule has 1 aromatic carbocycles. The highest BCUT2D eigenvalue weighted by molar-refractivity contribution is 5.79. The first-order chi connectivity index (χ1) is 7.65. The van der Waals surface area contributed by atoms with Crippen LogP contribution in [0.1, 0.15) is 5.56 Å². The molecule has 0 fully saturated rings. The van der Waals surface area contributed by atoms with E-state index in [1.54, 1.807) is 6.20 Å². The highest BCUT2D eigenvalue weighted by atomic mass is 16.2. The topological polar surface area (TPSA) is 85.8 Å². The summed E-state index contributed by atoms with van der Waals surface area (Å²) in [6, 6.07) is 7.16. The minimum absolute atomic E-state index is 0.675. The lowest BCUT2D eigenvalue weighted by Crippen LogP contribution is -2.28. The van der Waals surface area contributed by atoms with Gasteiger partial charge in [0.05, 0.1) is 6.20 Å². The van der Waals surface area contributed by atoms with Gasteiger partial charge in [-0.3, -0.25) is 0 Å². The molecule has 2 rings (SSSR count). The van der Waals surface area contributed by atoms with E-state index >= 15 is 0 Å². The van der Waals surface area contributed by atoms with Crippen LogP contribution >= 0.6 is 0 Å². The van der Waals surface area contributed by atoms with Crippen molar-refractivity contribution in [1.82, 2.24) is 15.1 Å². The van der Waals surface area contributed by atoms with Gasteiger partial charge in [-0.2, -0.15) is 4.79 Å². The van der Waals surface area contributed by atoms with Crippen molar-refractivity contribution in [3.8, 4) is 11.3 Å². The van der Waals surface area contributed by atoms with Crippen molar-refractivity contribution in [3.05, 3.63) is 36.0 Å². The van der Waals surface area contributed by atoms with Gasteiger partial charge in [-0.25, -0.2) is 10.2 Å². The molecule has 0 unspecified atom stereocenters. The third-order valence-electron chi connectivity index (χ3n) is 2.07. The van der Waals surface area contributed by atoms with E-state index < -0.39 is 6.03 Å². The van der Waals surface area contributed by atoms with Gasteiger partial charge in [-0.15, -0.1) is 5.10 Å². The summed E-state index contributed by atoms with van der Waals surface area (Å²) in [5.74, 6) is 0. The van der Waals surface area contributed by atoms with Gasteiger partial charge < -0.3 is 5.73 Å². The molecule has 2 amide bonds. The molecule has 0 aliphatic carbocycles. The monoisotopic (exact) mass is 217 g/mol. The molecule has 0 bridgehead atoms. The number of benzene rings is 1. The van der Waals surface area contributed by atoms with E-state index in [1.807, 2.05) is 31.2 Å². The van der Waals surface area contributed by atoms with Gasteiger partial charge in [0.25, 0.3) is 0 Å². The molecule has 2 aromatic rings. The maximum atomic E-state index is 10.6. The second-order valence-corrected chi connectivity index (χ2v) is 3.39. The largest absolute Gasteiger partial charge is 0.350 e. The summed E-state index contributed by atoms with van der Waals surface area (Å²) in [5, 5.41) is 7.62. The minimum Gasteiger partial charge on any atom is -0.350 e. The Morgan fingerprint density at radius 1 is 1.38 bits per heavy atom. The summed E-state index contributed by atoms with van der Waals surface area (Å²) in [6.07, 6.45) is 1.59. The SMILES string of the molecule is Cc1ccc(-c2cn(NC(N)=O)nn2)cc1. The average molecular weight is 217 g/mol. The highest BCUT2D eigenvalue weighted by Gasteiger charge is 2.03. The van der Waals surface area contributed by atoms with E-state index in [0.717, 1.165) is 5.56 Å². The van der Waals surface area contributed by atoms with Crippen molar-refractivity contribution in [3.63, 3.8) is 0 Å². The maximum Gasteiger partial charge on any atom is 0.332 e. The fourth-order valence-corrected chi connectivity index (χ4v) is 1.29. The number of aromatic nitrogens is 3. The smallest absolute Gasteiger partial charge is 0.332 e. The van der Waals surface area contributed by atoms with Crippen molar-refractivity contribution >= 4 is 6.03 Å². The predicted octanol–water partition coefficient (Wildman–Crippen LogP) is 0.876. The minimum atomic E-state index is -0.680. The second kappa shape index (κ2) is 4.01.